The summed E-state index contributed by atoms with van der Waals surface area (Å²) in [6, 6.07) is 0.463. The molecule has 0 bridgehead atoms. The molecule has 12 heavy (non-hydrogen) atoms. The minimum atomic E-state index is -0.257. The van der Waals surface area contributed by atoms with Gasteiger partial charge in [-0.25, -0.2) is 0 Å². The third-order valence-electron chi connectivity index (χ3n) is 2.44. The number of amides is 1. The number of thiol groups is 1. The Hall–Kier alpha value is -0.180. The molecule has 0 heterocycles. The lowest BCUT2D eigenvalue weighted by Crippen LogP contribution is -2.46. The molecule has 2 nitrogen and oxygen atoms in total. The Morgan fingerprint density at radius 1 is 1.67 bits per heavy atom. The smallest absolute Gasteiger partial charge is 0.220 e. The van der Waals surface area contributed by atoms with Gasteiger partial charge in [-0.15, -0.1) is 0 Å². The molecule has 1 rings (SSSR count). The van der Waals surface area contributed by atoms with Gasteiger partial charge in [0.05, 0.1) is 4.87 Å². The summed E-state index contributed by atoms with van der Waals surface area (Å²) in [7, 11) is 0. The van der Waals surface area contributed by atoms with Gasteiger partial charge in [0, 0.05) is 13.0 Å². The summed E-state index contributed by atoms with van der Waals surface area (Å²) < 4.78 is 0. The van der Waals surface area contributed by atoms with Gasteiger partial charge in [-0.3, -0.25) is 4.79 Å². The second-order valence-electron chi connectivity index (χ2n) is 3.69. The van der Waals surface area contributed by atoms with E-state index in [0.29, 0.717) is 6.04 Å². The van der Waals surface area contributed by atoms with Crippen LogP contribution in [-0.4, -0.2) is 21.7 Å². The molecule has 1 amide bonds. The second kappa shape index (κ2) is 3.29. The Kier molecular flexibility index (Phi) is 2.71. The molecular formula is C9H17NOS. The number of carbonyl (C=O) groups is 1. The molecule has 1 saturated carbocycles. The van der Waals surface area contributed by atoms with Gasteiger partial charge in [-0.1, -0.05) is 6.92 Å². The molecule has 1 atom stereocenters. The quantitative estimate of drug-likeness (QED) is 0.529. The number of hydrogen-bond donors (Lipinski definition) is 1. The molecular weight excluding hydrogens is 170 g/mol. The van der Waals surface area contributed by atoms with E-state index in [9.17, 15) is 4.79 Å². The van der Waals surface area contributed by atoms with E-state index in [0.717, 1.165) is 19.3 Å². The summed E-state index contributed by atoms with van der Waals surface area (Å²) in [6.45, 7) is 5.70. The lowest BCUT2D eigenvalue weighted by Gasteiger charge is -2.36. The standard InChI is InChI=1S/C9H17NOS/c1-4-9(3,12)10(7(2)11)8-5-6-8/h8,12H,4-6H2,1-3H3/t9-/m0/s1. The van der Waals surface area contributed by atoms with E-state index < -0.39 is 0 Å². The summed E-state index contributed by atoms with van der Waals surface area (Å²) in [5, 5.41) is 0. The molecule has 70 valence electrons. The predicted octanol–water partition coefficient (Wildman–Crippen LogP) is 2.05. The first kappa shape index (κ1) is 9.90. The van der Waals surface area contributed by atoms with Crippen molar-refractivity contribution in [1.82, 2.24) is 4.90 Å². The number of hydrogen-bond acceptors (Lipinski definition) is 2. The highest BCUT2D eigenvalue weighted by molar-refractivity contribution is 7.81. The molecule has 0 aliphatic heterocycles. The van der Waals surface area contributed by atoms with E-state index in [-0.39, 0.29) is 10.8 Å². The van der Waals surface area contributed by atoms with Crippen molar-refractivity contribution >= 4 is 18.5 Å². The summed E-state index contributed by atoms with van der Waals surface area (Å²) in [5.74, 6) is 0.150. The van der Waals surface area contributed by atoms with E-state index >= 15 is 0 Å². The Morgan fingerprint density at radius 3 is 2.42 bits per heavy atom. The van der Waals surface area contributed by atoms with Crippen LogP contribution in [0.1, 0.15) is 40.0 Å². The largest absolute Gasteiger partial charge is 0.326 e. The molecule has 3 heteroatoms. The van der Waals surface area contributed by atoms with Gasteiger partial charge in [0.1, 0.15) is 0 Å². The van der Waals surface area contributed by atoms with Gasteiger partial charge in [-0.2, -0.15) is 12.6 Å². The third kappa shape index (κ3) is 1.94. The Balaban J connectivity index is 2.70. The van der Waals surface area contributed by atoms with Crippen molar-refractivity contribution in [2.75, 3.05) is 0 Å². The van der Waals surface area contributed by atoms with Crippen LogP contribution < -0.4 is 0 Å². The topological polar surface area (TPSA) is 20.3 Å². The third-order valence-corrected chi connectivity index (χ3v) is 2.97. The molecule has 0 aromatic rings. The van der Waals surface area contributed by atoms with E-state index in [4.69, 9.17) is 0 Å². The van der Waals surface area contributed by atoms with Crippen molar-refractivity contribution < 1.29 is 4.79 Å². The van der Waals surface area contributed by atoms with E-state index in [1.54, 1.807) is 6.92 Å². The number of rotatable bonds is 3. The average Bonchev–Trinajstić information content (AvgIpc) is 2.70. The normalized spacial score (nSPS) is 21.7. The van der Waals surface area contributed by atoms with Crippen LogP contribution >= 0.6 is 12.6 Å². The lowest BCUT2D eigenvalue weighted by molar-refractivity contribution is -0.132. The Labute approximate surface area is 79.7 Å². The minimum absolute atomic E-state index is 0.150. The van der Waals surface area contributed by atoms with E-state index in [1.807, 2.05) is 11.8 Å². The van der Waals surface area contributed by atoms with E-state index in [1.165, 1.54) is 0 Å². The van der Waals surface area contributed by atoms with Crippen molar-refractivity contribution in [2.45, 2.75) is 50.9 Å². The van der Waals surface area contributed by atoms with Crippen molar-refractivity contribution in [2.24, 2.45) is 0 Å². The number of nitrogens with zero attached hydrogens (tertiary/aromatic N) is 1. The van der Waals surface area contributed by atoms with Crippen LogP contribution in [-0.2, 0) is 4.79 Å². The fourth-order valence-electron chi connectivity index (χ4n) is 1.49. The first-order chi connectivity index (χ1) is 5.49. The second-order valence-corrected chi connectivity index (χ2v) is 4.65. The fourth-order valence-corrected chi connectivity index (χ4v) is 1.80. The SMILES string of the molecule is CC[C@](C)(S)N(C(C)=O)C1CC1. The maximum absolute atomic E-state index is 11.3. The molecule has 1 aliphatic carbocycles. The Bertz CT molecular complexity index is 187. The fraction of sp³-hybridized carbons (Fsp3) is 0.889. The number of carbonyl (C=O) groups excluding carboxylic acids is 1. The Morgan fingerprint density at radius 2 is 2.17 bits per heavy atom. The molecule has 1 fully saturated rings. The van der Waals surface area contributed by atoms with Gasteiger partial charge >= 0.3 is 0 Å². The van der Waals surface area contributed by atoms with E-state index in [2.05, 4.69) is 19.6 Å². The van der Waals surface area contributed by atoms with Gasteiger partial charge < -0.3 is 4.90 Å². The summed E-state index contributed by atoms with van der Waals surface area (Å²) in [5.41, 5.74) is 0. The monoisotopic (exact) mass is 187 g/mol. The lowest BCUT2D eigenvalue weighted by atomic mass is 10.2. The zero-order valence-corrected chi connectivity index (χ0v) is 8.90. The molecule has 0 N–H and O–H groups in total. The summed E-state index contributed by atoms with van der Waals surface area (Å²) >= 11 is 4.51. The van der Waals surface area contributed by atoms with Crippen LogP contribution in [0.3, 0.4) is 0 Å². The summed E-state index contributed by atoms with van der Waals surface area (Å²) in [4.78, 5) is 13.0. The zero-order valence-electron chi connectivity index (χ0n) is 8.00. The zero-order chi connectivity index (χ0) is 9.35. The molecule has 0 radical (unpaired) electrons. The van der Waals surface area contributed by atoms with Gasteiger partial charge in [0.25, 0.3) is 0 Å². The van der Waals surface area contributed by atoms with Gasteiger partial charge in [-0.05, 0) is 26.2 Å². The molecule has 0 aromatic heterocycles. The maximum atomic E-state index is 11.3. The molecule has 1 aliphatic rings. The molecule has 0 aromatic carbocycles. The predicted molar refractivity (Wildman–Crippen MR) is 53.2 cm³/mol. The highest BCUT2D eigenvalue weighted by Gasteiger charge is 2.39. The van der Waals surface area contributed by atoms with Gasteiger partial charge in [0.15, 0.2) is 0 Å². The van der Waals surface area contributed by atoms with Crippen LogP contribution in [0.4, 0.5) is 0 Å². The maximum Gasteiger partial charge on any atom is 0.220 e. The van der Waals surface area contributed by atoms with Crippen LogP contribution in [0, 0.1) is 0 Å². The van der Waals surface area contributed by atoms with Crippen molar-refractivity contribution in [3.63, 3.8) is 0 Å². The van der Waals surface area contributed by atoms with Crippen LogP contribution in [0.25, 0.3) is 0 Å². The van der Waals surface area contributed by atoms with Crippen LogP contribution in [0.5, 0.6) is 0 Å². The molecule has 0 saturated heterocycles. The van der Waals surface area contributed by atoms with Crippen molar-refractivity contribution in [1.29, 1.82) is 0 Å². The van der Waals surface area contributed by atoms with Gasteiger partial charge in [0.2, 0.25) is 5.91 Å². The van der Waals surface area contributed by atoms with Crippen LogP contribution in [0.15, 0.2) is 0 Å². The van der Waals surface area contributed by atoms with Crippen molar-refractivity contribution in [3.8, 4) is 0 Å². The molecule has 0 spiro atoms. The minimum Gasteiger partial charge on any atom is -0.326 e. The average molecular weight is 187 g/mol. The molecule has 0 unspecified atom stereocenters. The highest BCUT2D eigenvalue weighted by Crippen LogP contribution is 2.36. The summed E-state index contributed by atoms with van der Waals surface area (Å²) in [6.07, 6.45) is 3.19. The first-order valence-electron chi connectivity index (χ1n) is 4.51. The first-order valence-corrected chi connectivity index (χ1v) is 4.96. The van der Waals surface area contributed by atoms with Crippen molar-refractivity contribution in [3.05, 3.63) is 0 Å². The van der Waals surface area contributed by atoms with Crippen LogP contribution in [0.2, 0.25) is 0 Å². The highest BCUT2D eigenvalue weighted by atomic mass is 32.1.